The van der Waals surface area contributed by atoms with E-state index < -0.39 is 6.10 Å². The summed E-state index contributed by atoms with van der Waals surface area (Å²) in [4.78, 5) is 11.3. The highest BCUT2D eigenvalue weighted by Crippen LogP contribution is 1.94. The number of ether oxygens (including phenoxy) is 2. The lowest BCUT2D eigenvalue weighted by Gasteiger charge is -2.27. The number of nitrogens with one attached hydrogen (secondary N) is 1. The third kappa shape index (κ3) is 3.30. The van der Waals surface area contributed by atoms with E-state index in [4.69, 9.17) is 9.47 Å². The highest BCUT2D eigenvalue weighted by atomic mass is 16.5. The Morgan fingerprint density at radius 2 is 2.15 bits per heavy atom. The molecule has 5 nitrogen and oxygen atoms in total. The van der Waals surface area contributed by atoms with Gasteiger partial charge in [-0.3, -0.25) is 10.2 Å². The summed E-state index contributed by atoms with van der Waals surface area (Å²) in [5.74, 6) is -0.107. The quantitative estimate of drug-likeness (QED) is 0.641. The van der Waals surface area contributed by atoms with Crippen molar-refractivity contribution >= 4 is 5.91 Å². The Labute approximate surface area is 78.0 Å². The first-order chi connectivity index (χ1) is 6.24. The van der Waals surface area contributed by atoms with Crippen molar-refractivity contribution < 1.29 is 14.3 Å². The molecule has 1 atom stereocenters. The third-order valence-electron chi connectivity index (χ3n) is 2.00. The molecule has 5 heteroatoms. The number of carbonyl (C=O) groups excluding carboxylic acids is 1. The highest BCUT2D eigenvalue weighted by molar-refractivity contribution is 5.79. The summed E-state index contributed by atoms with van der Waals surface area (Å²) < 4.78 is 10.0. The summed E-state index contributed by atoms with van der Waals surface area (Å²) in [6.45, 7) is 4.53. The summed E-state index contributed by atoms with van der Waals surface area (Å²) in [5, 5.41) is 1.85. The van der Waals surface area contributed by atoms with Gasteiger partial charge < -0.3 is 9.47 Å². The second kappa shape index (κ2) is 5.16. The van der Waals surface area contributed by atoms with Gasteiger partial charge in [-0.15, -0.1) is 0 Å². The first-order valence-electron chi connectivity index (χ1n) is 4.40. The molecule has 0 aliphatic carbocycles. The molecule has 1 aliphatic rings. The molecule has 1 fully saturated rings. The summed E-state index contributed by atoms with van der Waals surface area (Å²) in [5.41, 5.74) is 2.76. The number of hydrogen-bond donors (Lipinski definition) is 1. The molecule has 1 N–H and O–H groups in total. The molecule has 0 bridgehead atoms. The molecule has 1 rings (SSSR count). The Kier molecular flexibility index (Phi) is 4.14. The number of rotatable bonds is 3. The predicted molar refractivity (Wildman–Crippen MR) is 47.0 cm³/mol. The van der Waals surface area contributed by atoms with E-state index in [1.165, 1.54) is 7.11 Å². The van der Waals surface area contributed by atoms with Crippen LogP contribution in [0, 0.1) is 0 Å². The topological polar surface area (TPSA) is 50.8 Å². The van der Waals surface area contributed by atoms with Crippen LogP contribution in [-0.2, 0) is 14.3 Å². The van der Waals surface area contributed by atoms with Crippen LogP contribution in [0.4, 0.5) is 0 Å². The molecular formula is C8H16N2O3. The molecule has 13 heavy (non-hydrogen) atoms. The van der Waals surface area contributed by atoms with Crippen molar-refractivity contribution in [3.63, 3.8) is 0 Å². The normalized spacial score (nSPS) is 21.1. The zero-order valence-corrected chi connectivity index (χ0v) is 8.08. The zero-order valence-electron chi connectivity index (χ0n) is 8.08. The fourth-order valence-corrected chi connectivity index (χ4v) is 1.03. The van der Waals surface area contributed by atoms with Crippen LogP contribution in [0.2, 0.25) is 0 Å². The smallest absolute Gasteiger partial charge is 0.263 e. The average Bonchev–Trinajstić information content (AvgIpc) is 2.18. The Morgan fingerprint density at radius 1 is 1.54 bits per heavy atom. The van der Waals surface area contributed by atoms with Gasteiger partial charge in [-0.1, -0.05) is 0 Å². The van der Waals surface area contributed by atoms with Crippen molar-refractivity contribution in [3.05, 3.63) is 0 Å². The number of nitrogens with zero attached hydrogens (tertiary/aromatic N) is 1. The van der Waals surface area contributed by atoms with Crippen molar-refractivity contribution in [2.45, 2.75) is 13.0 Å². The van der Waals surface area contributed by atoms with Gasteiger partial charge in [0.25, 0.3) is 5.91 Å². The van der Waals surface area contributed by atoms with Crippen LogP contribution in [0.5, 0.6) is 0 Å². The van der Waals surface area contributed by atoms with E-state index >= 15 is 0 Å². The predicted octanol–water partition coefficient (Wildman–Crippen LogP) is -0.615. The van der Waals surface area contributed by atoms with Crippen LogP contribution in [0.25, 0.3) is 0 Å². The number of hydrazine groups is 1. The molecule has 76 valence electrons. The van der Waals surface area contributed by atoms with Gasteiger partial charge in [0.2, 0.25) is 0 Å². The van der Waals surface area contributed by atoms with Crippen molar-refractivity contribution in [1.29, 1.82) is 0 Å². The van der Waals surface area contributed by atoms with Gasteiger partial charge in [0.15, 0.2) is 0 Å². The first kappa shape index (κ1) is 10.4. The van der Waals surface area contributed by atoms with Crippen LogP contribution in [0.15, 0.2) is 0 Å². The molecule has 1 unspecified atom stereocenters. The number of hydrogen-bond acceptors (Lipinski definition) is 4. The lowest BCUT2D eigenvalue weighted by Crippen LogP contribution is -2.51. The Balaban J connectivity index is 2.26. The molecule has 0 spiro atoms. The summed E-state index contributed by atoms with van der Waals surface area (Å²) in [7, 11) is 1.52. The minimum atomic E-state index is -0.400. The molecule has 0 radical (unpaired) electrons. The Hall–Kier alpha value is -0.650. The van der Waals surface area contributed by atoms with E-state index in [0.717, 1.165) is 13.1 Å². The molecule has 0 aromatic carbocycles. The molecule has 1 aliphatic heterocycles. The Bertz CT molecular complexity index is 169. The lowest BCUT2D eigenvalue weighted by atomic mass is 10.4. The van der Waals surface area contributed by atoms with Crippen LogP contribution in [0.3, 0.4) is 0 Å². The maximum Gasteiger partial charge on any atom is 0.263 e. The second-order valence-corrected chi connectivity index (χ2v) is 2.95. The van der Waals surface area contributed by atoms with E-state index in [-0.39, 0.29) is 5.91 Å². The molecule has 0 aromatic rings. The van der Waals surface area contributed by atoms with Gasteiger partial charge in [0.05, 0.1) is 13.2 Å². The standard InChI is InChI=1S/C8H16N2O3/c1-7(12-2)8(11)9-10-3-5-13-6-4-10/h7H,3-6H2,1-2H3,(H,9,11). The fraction of sp³-hybridized carbons (Fsp3) is 0.875. The number of morpholine rings is 1. The van der Waals surface area contributed by atoms with Gasteiger partial charge in [-0.2, -0.15) is 0 Å². The van der Waals surface area contributed by atoms with Crippen LogP contribution < -0.4 is 5.43 Å². The number of methoxy groups -OCH3 is 1. The summed E-state index contributed by atoms with van der Waals surface area (Å²) in [6, 6.07) is 0. The van der Waals surface area contributed by atoms with Gasteiger partial charge >= 0.3 is 0 Å². The number of amides is 1. The Morgan fingerprint density at radius 3 is 2.69 bits per heavy atom. The van der Waals surface area contributed by atoms with E-state index in [2.05, 4.69) is 5.43 Å². The van der Waals surface area contributed by atoms with Crippen LogP contribution >= 0.6 is 0 Å². The molecule has 1 amide bonds. The largest absolute Gasteiger partial charge is 0.379 e. The molecule has 0 saturated carbocycles. The molecule has 1 heterocycles. The minimum absolute atomic E-state index is 0.107. The van der Waals surface area contributed by atoms with Crippen molar-refractivity contribution in [3.8, 4) is 0 Å². The average molecular weight is 188 g/mol. The third-order valence-corrected chi connectivity index (χ3v) is 2.00. The summed E-state index contributed by atoms with van der Waals surface area (Å²) in [6.07, 6.45) is -0.400. The molecular weight excluding hydrogens is 172 g/mol. The minimum Gasteiger partial charge on any atom is -0.379 e. The zero-order chi connectivity index (χ0) is 9.68. The van der Waals surface area contributed by atoms with Crippen molar-refractivity contribution in [1.82, 2.24) is 10.4 Å². The van der Waals surface area contributed by atoms with E-state index in [1.54, 1.807) is 6.92 Å². The highest BCUT2D eigenvalue weighted by Gasteiger charge is 2.16. The van der Waals surface area contributed by atoms with Crippen LogP contribution in [0.1, 0.15) is 6.92 Å². The maximum absolute atomic E-state index is 11.3. The van der Waals surface area contributed by atoms with Crippen molar-refractivity contribution in [2.24, 2.45) is 0 Å². The summed E-state index contributed by atoms with van der Waals surface area (Å²) >= 11 is 0. The first-order valence-corrected chi connectivity index (χ1v) is 4.40. The number of carbonyl (C=O) groups is 1. The molecule has 1 saturated heterocycles. The van der Waals surface area contributed by atoms with E-state index in [9.17, 15) is 4.79 Å². The maximum atomic E-state index is 11.3. The van der Waals surface area contributed by atoms with E-state index in [1.807, 2.05) is 5.01 Å². The van der Waals surface area contributed by atoms with Gasteiger partial charge in [-0.25, -0.2) is 5.01 Å². The van der Waals surface area contributed by atoms with E-state index in [0.29, 0.717) is 13.2 Å². The lowest BCUT2D eigenvalue weighted by molar-refractivity contribution is -0.137. The van der Waals surface area contributed by atoms with Crippen LogP contribution in [-0.4, -0.2) is 50.4 Å². The SMILES string of the molecule is COC(C)C(=O)NN1CCOCC1. The second-order valence-electron chi connectivity index (χ2n) is 2.95. The molecule has 0 aromatic heterocycles. The van der Waals surface area contributed by atoms with Gasteiger partial charge in [0, 0.05) is 20.2 Å². The van der Waals surface area contributed by atoms with Gasteiger partial charge in [0.1, 0.15) is 6.10 Å². The fourth-order valence-electron chi connectivity index (χ4n) is 1.03. The van der Waals surface area contributed by atoms with Crippen molar-refractivity contribution in [2.75, 3.05) is 33.4 Å². The monoisotopic (exact) mass is 188 g/mol. The van der Waals surface area contributed by atoms with Gasteiger partial charge in [-0.05, 0) is 6.92 Å².